The van der Waals surface area contributed by atoms with Crippen molar-refractivity contribution in [2.24, 2.45) is 5.92 Å². The molecular weight excluding hydrogens is 380 g/mol. The van der Waals surface area contributed by atoms with E-state index < -0.39 is 0 Å². The molecule has 8 nitrogen and oxygen atoms in total. The number of anilines is 1. The minimum absolute atomic E-state index is 0.0273. The first-order valence-corrected chi connectivity index (χ1v) is 10.3. The lowest BCUT2D eigenvalue weighted by Crippen LogP contribution is -2.45. The first-order chi connectivity index (χ1) is 14.6. The lowest BCUT2D eigenvalue weighted by Gasteiger charge is -2.33. The summed E-state index contributed by atoms with van der Waals surface area (Å²) in [6.45, 7) is 4.08. The van der Waals surface area contributed by atoms with Crippen molar-refractivity contribution in [1.29, 1.82) is 0 Å². The first-order valence-electron chi connectivity index (χ1n) is 10.3. The molecule has 30 heavy (non-hydrogen) atoms. The maximum atomic E-state index is 12.8. The molecule has 1 fully saturated rings. The number of nitrogens with one attached hydrogen (secondary N) is 2. The number of aryl methyl sites for hydroxylation is 1. The van der Waals surface area contributed by atoms with Gasteiger partial charge >= 0.3 is 6.03 Å². The zero-order chi connectivity index (χ0) is 20.9. The molecule has 1 aromatic heterocycles. The van der Waals surface area contributed by atoms with Crippen LogP contribution < -0.4 is 10.6 Å². The van der Waals surface area contributed by atoms with Gasteiger partial charge in [-0.3, -0.25) is 4.79 Å². The summed E-state index contributed by atoms with van der Waals surface area (Å²) in [6.07, 6.45) is 1.91. The van der Waals surface area contributed by atoms with Gasteiger partial charge < -0.3 is 15.5 Å². The Kier molecular flexibility index (Phi) is 5.92. The van der Waals surface area contributed by atoms with Crippen molar-refractivity contribution >= 4 is 28.7 Å². The van der Waals surface area contributed by atoms with E-state index in [0.29, 0.717) is 13.1 Å². The third-order valence-corrected chi connectivity index (χ3v) is 5.44. The number of para-hydroxylation sites is 1. The van der Waals surface area contributed by atoms with Gasteiger partial charge in [0.1, 0.15) is 12.1 Å². The minimum Gasteiger partial charge on any atom is -0.341 e. The Morgan fingerprint density at radius 1 is 1.13 bits per heavy atom. The number of likely N-dealkylation sites (tertiary alicyclic amines) is 1. The van der Waals surface area contributed by atoms with Crippen LogP contribution in [-0.4, -0.2) is 51.5 Å². The highest BCUT2D eigenvalue weighted by atomic mass is 16.2. The quantitative estimate of drug-likeness (QED) is 0.682. The third-order valence-electron chi connectivity index (χ3n) is 5.44. The van der Waals surface area contributed by atoms with Gasteiger partial charge in [-0.25, -0.2) is 9.48 Å². The molecule has 0 saturated carbocycles. The summed E-state index contributed by atoms with van der Waals surface area (Å²) in [5.74, 6) is 0.262. The molecule has 1 aliphatic rings. The maximum Gasteiger partial charge on any atom is 0.319 e. The van der Waals surface area contributed by atoms with Crippen LogP contribution in [0.4, 0.5) is 10.5 Å². The van der Waals surface area contributed by atoms with Gasteiger partial charge in [0.2, 0.25) is 5.91 Å². The van der Waals surface area contributed by atoms with Crippen LogP contribution in [0.25, 0.3) is 11.0 Å². The predicted molar refractivity (Wildman–Crippen MR) is 115 cm³/mol. The number of piperidine rings is 1. The summed E-state index contributed by atoms with van der Waals surface area (Å²) in [4.78, 5) is 26.8. The normalized spacial score (nSPS) is 16.4. The van der Waals surface area contributed by atoms with Crippen LogP contribution >= 0.6 is 0 Å². The second-order valence-corrected chi connectivity index (χ2v) is 7.78. The molecule has 156 valence electrons. The van der Waals surface area contributed by atoms with E-state index in [4.69, 9.17) is 0 Å². The lowest BCUT2D eigenvalue weighted by molar-refractivity contribution is -0.133. The predicted octanol–water partition coefficient (Wildman–Crippen LogP) is 2.80. The summed E-state index contributed by atoms with van der Waals surface area (Å²) in [7, 11) is 0. The first kappa shape index (κ1) is 19.9. The number of carbonyl (C=O) groups is 2. The number of rotatable bonds is 5. The molecule has 3 aromatic rings. The molecule has 3 amide bonds. The van der Waals surface area contributed by atoms with Crippen LogP contribution in [-0.2, 0) is 11.3 Å². The monoisotopic (exact) mass is 406 g/mol. The Morgan fingerprint density at radius 3 is 2.77 bits per heavy atom. The second-order valence-electron chi connectivity index (χ2n) is 7.78. The molecule has 2 N–H and O–H groups in total. The average molecular weight is 406 g/mol. The summed E-state index contributed by atoms with van der Waals surface area (Å²) in [5.41, 5.74) is 3.55. The Bertz CT molecular complexity index is 1030. The fourth-order valence-corrected chi connectivity index (χ4v) is 3.77. The highest BCUT2D eigenvalue weighted by Gasteiger charge is 2.24. The van der Waals surface area contributed by atoms with Crippen molar-refractivity contribution in [3.63, 3.8) is 0 Å². The molecule has 1 aliphatic heterocycles. The number of carbonyl (C=O) groups excluding carboxylic acids is 2. The van der Waals surface area contributed by atoms with Gasteiger partial charge in [-0.1, -0.05) is 35.0 Å². The zero-order valence-corrected chi connectivity index (χ0v) is 17.0. The number of hydrogen-bond acceptors (Lipinski definition) is 4. The Labute approximate surface area is 175 Å². The number of aromatic nitrogens is 3. The Morgan fingerprint density at radius 2 is 1.93 bits per heavy atom. The van der Waals surface area contributed by atoms with E-state index in [-0.39, 0.29) is 24.4 Å². The fraction of sp³-hybridized carbons (Fsp3) is 0.364. The maximum absolute atomic E-state index is 12.8. The van der Waals surface area contributed by atoms with E-state index in [2.05, 4.69) is 20.9 Å². The smallest absolute Gasteiger partial charge is 0.319 e. The fourth-order valence-electron chi connectivity index (χ4n) is 3.77. The van der Waals surface area contributed by atoms with E-state index in [0.717, 1.165) is 41.7 Å². The molecule has 1 saturated heterocycles. The standard InChI is InChI=1S/C22H26N6O2/c1-16-8-10-18(11-9-16)24-22(30)23-13-17-5-4-12-27(14-17)21(29)15-28-20-7-3-2-6-19(20)25-26-28/h2-3,6-11,17H,4-5,12-15H2,1H3,(H2,23,24,30). The van der Waals surface area contributed by atoms with Gasteiger partial charge in [-0.15, -0.1) is 5.10 Å². The van der Waals surface area contributed by atoms with Crippen molar-refractivity contribution < 1.29 is 9.59 Å². The number of fused-ring (bicyclic) bond motifs is 1. The molecular formula is C22H26N6O2. The van der Waals surface area contributed by atoms with Crippen LogP contribution in [0.15, 0.2) is 48.5 Å². The van der Waals surface area contributed by atoms with Crippen molar-refractivity contribution in [3.8, 4) is 0 Å². The summed E-state index contributed by atoms with van der Waals surface area (Å²) < 4.78 is 1.65. The highest BCUT2D eigenvalue weighted by Crippen LogP contribution is 2.17. The van der Waals surface area contributed by atoms with Gasteiger partial charge in [-0.05, 0) is 49.9 Å². The molecule has 8 heteroatoms. The number of nitrogens with zero attached hydrogens (tertiary/aromatic N) is 4. The molecule has 0 spiro atoms. The molecule has 4 rings (SSSR count). The van der Waals surface area contributed by atoms with Gasteiger partial charge in [0.15, 0.2) is 0 Å². The Hall–Kier alpha value is -3.42. The van der Waals surface area contributed by atoms with Gasteiger partial charge in [-0.2, -0.15) is 0 Å². The summed E-state index contributed by atoms with van der Waals surface area (Å²) >= 11 is 0. The molecule has 0 aliphatic carbocycles. The molecule has 0 bridgehead atoms. The molecule has 2 heterocycles. The second kappa shape index (κ2) is 8.94. The Balaban J connectivity index is 1.28. The minimum atomic E-state index is -0.226. The van der Waals surface area contributed by atoms with E-state index in [1.165, 1.54) is 0 Å². The topological polar surface area (TPSA) is 92.2 Å². The van der Waals surface area contributed by atoms with E-state index in [9.17, 15) is 9.59 Å². The highest BCUT2D eigenvalue weighted by molar-refractivity contribution is 5.89. The van der Waals surface area contributed by atoms with E-state index >= 15 is 0 Å². The van der Waals surface area contributed by atoms with Crippen LogP contribution in [0.2, 0.25) is 0 Å². The summed E-state index contributed by atoms with van der Waals surface area (Å²) in [5, 5.41) is 14.0. The van der Waals surface area contributed by atoms with Crippen LogP contribution in [0.3, 0.4) is 0 Å². The third kappa shape index (κ3) is 4.76. The van der Waals surface area contributed by atoms with Gasteiger partial charge in [0.05, 0.1) is 5.52 Å². The molecule has 2 aromatic carbocycles. The van der Waals surface area contributed by atoms with Crippen LogP contribution in [0.1, 0.15) is 18.4 Å². The van der Waals surface area contributed by atoms with Crippen LogP contribution in [0, 0.1) is 12.8 Å². The number of hydrogen-bond donors (Lipinski definition) is 2. The van der Waals surface area contributed by atoms with Gasteiger partial charge in [0, 0.05) is 25.3 Å². The average Bonchev–Trinajstić information content (AvgIpc) is 3.17. The number of amides is 3. The van der Waals surface area contributed by atoms with Gasteiger partial charge in [0.25, 0.3) is 0 Å². The van der Waals surface area contributed by atoms with Crippen molar-refractivity contribution in [3.05, 3.63) is 54.1 Å². The zero-order valence-electron chi connectivity index (χ0n) is 17.0. The molecule has 0 radical (unpaired) electrons. The summed E-state index contributed by atoms with van der Waals surface area (Å²) in [6, 6.07) is 15.1. The van der Waals surface area contributed by atoms with E-state index in [1.807, 2.05) is 60.4 Å². The largest absolute Gasteiger partial charge is 0.341 e. The lowest BCUT2D eigenvalue weighted by atomic mass is 9.98. The van der Waals surface area contributed by atoms with Crippen molar-refractivity contribution in [1.82, 2.24) is 25.2 Å². The van der Waals surface area contributed by atoms with Crippen molar-refractivity contribution in [2.45, 2.75) is 26.3 Å². The number of benzene rings is 2. The molecule has 1 unspecified atom stereocenters. The number of urea groups is 1. The van der Waals surface area contributed by atoms with E-state index in [1.54, 1.807) is 4.68 Å². The molecule has 1 atom stereocenters. The SMILES string of the molecule is Cc1ccc(NC(=O)NCC2CCCN(C(=O)Cn3nnc4ccccc43)C2)cc1. The van der Waals surface area contributed by atoms with Crippen LogP contribution in [0.5, 0.6) is 0 Å². The van der Waals surface area contributed by atoms with Crippen molar-refractivity contribution in [2.75, 3.05) is 25.0 Å².